The van der Waals surface area contributed by atoms with Crippen molar-refractivity contribution in [2.45, 2.75) is 6.42 Å². The van der Waals surface area contributed by atoms with Gasteiger partial charge in [0.1, 0.15) is 0 Å². The summed E-state index contributed by atoms with van der Waals surface area (Å²) in [5, 5.41) is 13.5. The molecule has 144 valence electrons. The lowest BCUT2D eigenvalue weighted by Gasteiger charge is -2.35. The standard InChI is InChI=1S/C20H20N4O4/c25-19(14-1-6-18-15(11-14)12-20(26)21-18)13-22-7-9-23(10-8-22)16-2-4-17(5-3-16)24(27)28/h1-6,11H,7-10,12-13H2,(H,21,26). The molecule has 2 aromatic carbocycles. The van der Waals surface area contributed by atoms with Crippen molar-refractivity contribution in [3.05, 3.63) is 63.7 Å². The molecule has 1 N–H and O–H groups in total. The number of ketones is 1. The van der Waals surface area contributed by atoms with E-state index in [1.165, 1.54) is 12.1 Å². The Morgan fingerprint density at radius 3 is 2.46 bits per heavy atom. The molecule has 0 bridgehead atoms. The highest BCUT2D eigenvalue weighted by molar-refractivity contribution is 6.02. The van der Waals surface area contributed by atoms with E-state index in [4.69, 9.17) is 0 Å². The van der Waals surface area contributed by atoms with Gasteiger partial charge in [0.05, 0.1) is 17.9 Å². The molecular formula is C20H20N4O4. The molecule has 2 aliphatic rings. The van der Waals surface area contributed by atoms with Crippen LogP contribution >= 0.6 is 0 Å². The molecule has 2 heterocycles. The van der Waals surface area contributed by atoms with Crippen LogP contribution in [0.1, 0.15) is 15.9 Å². The minimum absolute atomic E-state index is 0.0398. The first-order valence-electron chi connectivity index (χ1n) is 9.17. The molecule has 0 saturated carbocycles. The number of hydrogen-bond donors (Lipinski definition) is 1. The summed E-state index contributed by atoms with van der Waals surface area (Å²) >= 11 is 0. The van der Waals surface area contributed by atoms with E-state index in [9.17, 15) is 19.7 Å². The van der Waals surface area contributed by atoms with Gasteiger partial charge in [-0.25, -0.2) is 0 Å². The lowest BCUT2D eigenvalue weighted by molar-refractivity contribution is -0.384. The first-order chi connectivity index (χ1) is 13.5. The van der Waals surface area contributed by atoms with Crippen molar-refractivity contribution < 1.29 is 14.5 Å². The maximum atomic E-state index is 12.6. The molecule has 8 heteroatoms. The fourth-order valence-corrected chi connectivity index (χ4v) is 3.65. The number of fused-ring (bicyclic) bond motifs is 1. The third kappa shape index (κ3) is 3.72. The average molecular weight is 380 g/mol. The number of anilines is 2. The Morgan fingerprint density at radius 1 is 1.07 bits per heavy atom. The number of nitro benzene ring substituents is 1. The zero-order valence-corrected chi connectivity index (χ0v) is 15.3. The second-order valence-corrected chi connectivity index (χ2v) is 7.06. The van der Waals surface area contributed by atoms with E-state index in [1.807, 2.05) is 6.07 Å². The predicted molar refractivity (Wildman–Crippen MR) is 105 cm³/mol. The van der Waals surface area contributed by atoms with Crippen LogP contribution in [0.5, 0.6) is 0 Å². The van der Waals surface area contributed by atoms with Gasteiger partial charge in [0.2, 0.25) is 5.91 Å². The summed E-state index contributed by atoms with van der Waals surface area (Å²) in [5.74, 6) is 0.00731. The van der Waals surface area contributed by atoms with Crippen molar-refractivity contribution in [2.24, 2.45) is 0 Å². The maximum Gasteiger partial charge on any atom is 0.269 e. The zero-order chi connectivity index (χ0) is 19.7. The van der Waals surface area contributed by atoms with Crippen molar-refractivity contribution >= 4 is 28.8 Å². The van der Waals surface area contributed by atoms with Crippen molar-refractivity contribution in [1.29, 1.82) is 0 Å². The van der Waals surface area contributed by atoms with Crippen LogP contribution < -0.4 is 10.2 Å². The molecule has 0 spiro atoms. The van der Waals surface area contributed by atoms with Crippen LogP contribution in [0.4, 0.5) is 17.1 Å². The highest BCUT2D eigenvalue weighted by atomic mass is 16.6. The summed E-state index contributed by atoms with van der Waals surface area (Å²) in [7, 11) is 0. The number of nitrogens with one attached hydrogen (secondary N) is 1. The van der Waals surface area contributed by atoms with E-state index in [-0.39, 0.29) is 17.4 Å². The normalized spacial score (nSPS) is 16.6. The molecular weight excluding hydrogens is 360 g/mol. The second-order valence-electron chi connectivity index (χ2n) is 7.06. The highest BCUT2D eigenvalue weighted by Gasteiger charge is 2.22. The number of carbonyl (C=O) groups is 2. The van der Waals surface area contributed by atoms with Gasteiger partial charge >= 0.3 is 0 Å². The van der Waals surface area contributed by atoms with Gasteiger partial charge in [-0.2, -0.15) is 0 Å². The molecule has 2 aromatic rings. The number of amides is 1. The van der Waals surface area contributed by atoms with E-state index >= 15 is 0 Å². The summed E-state index contributed by atoms with van der Waals surface area (Å²) in [6.45, 7) is 3.34. The van der Waals surface area contributed by atoms with Crippen molar-refractivity contribution in [2.75, 3.05) is 42.9 Å². The third-order valence-corrected chi connectivity index (χ3v) is 5.22. The lowest BCUT2D eigenvalue weighted by Crippen LogP contribution is -2.48. The van der Waals surface area contributed by atoms with E-state index in [0.29, 0.717) is 18.5 Å². The van der Waals surface area contributed by atoms with Crippen LogP contribution in [0, 0.1) is 10.1 Å². The summed E-state index contributed by atoms with van der Waals surface area (Å²) in [5.41, 5.74) is 3.33. The fraction of sp³-hybridized carbons (Fsp3) is 0.300. The second kappa shape index (κ2) is 7.40. The Bertz CT molecular complexity index is 934. The molecule has 0 aromatic heterocycles. The molecule has 4 rings (SSSR count). The first kappa shape index (κ1) is 18.1. The number of nitro groups is 1. The Morgan fingerprint density at radius 2 is 1.79 bits per heavy atom. The van der Waals surface area contributed by atoms with Gasteiger partial charge in [-0.05, 0) is 35.9 Å². The van der Waals surface area contributed by atoms with E-state index in [2.05, 4.69) is 15.1 Å². The summed E-state index contributed by atoms with van der Waals surface area (Å²) in [4.78, 5) is 38.7. The minimum atomic E-state index is -0.405. The Hall–Kier alpha value is -3.26. The summed E-state index contributed by atoms with van der Waals surface area (Å²) in [6.07, 6.45) is 0.324. The number of hydrogen-bond acceptors (Lipinski definition) is 6. The number of piperazine rings is 1. The molecule has 28 heavy (non-hydrogen) atoms. The topological polar surface area (TPSA) is 95.8 Å². The van der Waals surface area contributed by atoms with Crippen LogP contribution in [-0.2, 0) is 11.2 Å². The lowest BCUT2D eigenvalue weighted by atomic mass is 10.0. The molecule has 0 unspecified atom stereocenters. The number of benzene rings is 2. The van der Waals surface area contributed by atoms with E-state index < -0.39 is 4.92 Å². The van der Waals surface area contributed by atoms with E-state index in [1.54, 1.807) is 24.3 Å². The predicted octanol–water partition coefficient (Wildman–Crippen LogP) is 2.09. The molecule has 0 atom stereocenters. The van der Waals surface area contributed by atoms with Gasteiger partial charge in [0.25, 0.3) is 5.69 Å². The largest absolute Gasteiger partial charge is 0.369 e. The fourth-order valence-electron chi connectivity index (χ4n) is 3.65. The van der Waals surface area contributed by atoms with Crippen molar-refractivity contribution in [1.82, 2.24) is 4.90 Å². The van der Waals surface area contributed by atoms with E-state index in [0.717, 1.165) is 43.1 Å². The molecule has 1 saturated heterocycles. The molecule has 0 radical (unpaired) electrons. The SMILES string of the molecule is O=C1Cc2cc(C(=O)CN3CCN(c4ccc([N+](=O)[O-])cc4)CC3)ccc2N1. The van der Waals surface area contributed by atoms with Crippen LogP contribution in [0.2, 0.25) is 0 Å². The number of rotatable bonds is 5. The zero-order valence-electron chi connectivity index (χ0n) is 15.3. The molecule has 0 aliphatic carbocycles. The van der Waals surface area contributed by atoms with Crippen LogP contribution in [-0.4, -0.2) is 54.2 Å². The Kier molecular flexibility index (Phi) is 4.79. The van der Waals surface area contributed by atoms with Gasteiger partial charge in [0, 0.05) is 55.2 Å². The van der Waals surface area contributed by atoms with Crippen LogP contribution in [0.15, 0.2) is 42.5 Å². The van der Waals surface area contributed by atoms with Gasteiger partial charge in [-0.3, -0.25) is 24.6 Å². The van der Waals surface area contributed by atoms with Gasteiger partial charge in [-0.1, -0.05) is 0 Å². The summed E-state index contributed by atoms with van der Waals surface area (Å²) in [6, 6.07) is 11.9. The highest BCUT2D eigenvalue weighted by Crippen LogP contribution is 2.24. The molecule has 1 fully saturated rings. The monoisotopic (exact) mass is 380 g/mol. The number of carbonyl (C=O) groups excluding carboxylic acids is 2. The third-order valence-electron chi connectivity index (χ3n) is 5.22. The van der Waals surface area contributed by atoms with Gasteiger partial charge < -0.3 is 10.2 Å². The van der Waals surface area contributed by atoms with Gasteiger partial charge in [0.15, 0.2) is 5.78 Å². The first-order valence-corrected chi connectivity index (χ1v) is 9.17. The Labute approximate surface area is 161 Å². The smallest absolute Gasteiger partial charge is 0.269 e. The van der Waals surface area contributed by atoms with Crippen molar-refractivity contribution in [3.63, 3.8) is 0 Å². The number of non-ortho nitro benzene ring substituents is 1. The maximum absolute atomic E-state index is 12.6. The van der Waals surface area contributed by atoms with Gasteiger partial charge in [-0.15, -0.1) is 0 Å². The summed E-state index contributed by atoms with van der Waals surface area (Å²) < 4.78 is 0. The van der Waals surface area contributed by atoms with Crippen LogP contribution in [0.25, 0.3) is 0 Å². The van der Waals surface area contributed by atoms with Crippen LogP contribution in [0.3, 0.4) is 0 Å². The average Bonchev–Trinajstić information content (AvgIpc) is 3.07. The quantitative estimate of drug-likeness (QED) is 0.485. The van der Waals surface area contributed by atoms with Crippen molar-refractivity contribution in [3.8, 4) is 0 Å². The molecule has 1 amide bonds. The molecule has 2 aliphatic heterocycles. The minimum Gasteiger partial charge on any atom is -0.369 e. The molecule has 8 nitrogen and oxygen atoms in total. The Balaban J connectivity index is 1.33. The number of Topliss-reactive ketones (excluding diaryl/α,β-unsaturated/α-hetero) is 1. The number of nitrogens with zero attached hydrogens (tertiary/aromatic N) is 3.